The van der Waals surface area contributed by atoms with E-state index in [1.165, 1.54) is 0 Å². The molecule has 31 heavy (non-hydrogen) atoms. The van der Waals surface area contributed by atoms with Crippen molar-refractivity contribution >= 4 is 5.71 Å². The second-order valence-corrected chi connectivity index (χ2v) is 8.39. The standard InChI is InChI=1S/C26H35NO4/c1-8-9-14-29-24-15-19(2)25(20(3)16-24)31-18-26(5,6)17-30-23-12-10-22(11-13-23)21(4)27-28-7/h8-13,15-16H,14,17-18H2,1-7H3/b9-8+,27-21+. The molecule has 168 valence electrons. The number of hydrogen-bond donors (Lipinski definition) is 0. The molecule has 0 bridgehead atoms. The van der Waals surface area contributed by atoms with Gasteiger partial charge in [-0.05, 0) is 80.8 Å². The van der Waals surface area contributed by atoms with E-state index in [-0.39, 0.29) is 5.41 Å². The molecule has 0 amide bonds. The summed E-state index contributed by atoms with van der Waals surface area (Å²) in [4.78, 5) is 4.82. The lowest BCUT2D eigenvalue weighted by Crippen LogP contribution is -2.29. The van der Waals surface area contributed by atoms with Crippen molar-refractivity contribution in [3.8, 4) is 17.2 Å². The van der Waals surface area contributed by atoms with Crippen LogP contribution in [0, 0.1) is 19.3 Å². The topological polar surface area (TPSA) is 49.3 Å². The molecule has 2 rings (SSSR count). The molecule has 0 saturated carbocycles. The van der Waals surface area contributed by atoms with Gasteiger partial charge in [-0.15, -0.1) is 0 Å². The molecular formula is C26H35NO4. The normalized spacial score (nSPS) is 12.2. The first-order valence-corrected chi connectivity index (χ1v) is 10.5. The molecule has 0 aliphatic heterocycles. The van der Waals surface area contributed by atoms with Gasteiger partial charge in [-0.3, -0.25) is 0 Å². The second kappa shape index (κ2) is 11.4. The average Bonchev–Trinajstić information content (AvgIpc) is 2.72. The number of allylic oxidation sites excluding steroid dienone is 1. The first-order chi connectivity index (χ1) is 14.8. The Kier molecular flexibility index (Phi) is 8.98. The second-order valence-electron chi connectivity index (χ2n) is 8.39. The molecule has 0 spiro atoms. The van der Waals surface area contributed by atoms with Gasteiger partial charge < -0.3 is 19.0 Å². The van der Waals surface area contributed by atoms with E-state index in [9.17, 15) is 0 Å². The Morgan fingerprint density at radius 3 is 2.13 bits per heavy atom. The molecule has 5 nitrogen and oxygen atoms in total. The Morgan fingerprint density at radius 1 is 0.935 bits per heavy atom. The number of rotatable bonds is 11. The Morgan fingerprint density at radius 2 is 1.55 bits per heavy atom. The van der Waals surface area contributed by atoms with Crippen LogP contribution in [0.5, 0.6) is 17.2 Å². The van der Waals surface area contributed by atoms with Crippen molar-refractivity contribution in [3.05, 3.63) is 65.2 Å². The van der Waals surface area contributed by atoms with Gasteiger partial charge in [0.2, 0.25) is 0 Å². The summed E-state index contributed by atoms with van der Waals surface area (Å²) in [6.45, 7) is 13.9. The molecule has 0 aromatic heterocycles. The van der Waals surface area contributed by atoms with Gasteiger partial charge in [0.1, 0.15) is 31.0 Å². The summed E-state index contributed by atoms with van der Waals surface area (Å²) in [5.74, 6) is 2.58. The predicted molar refractivity (Wildman–Crippen MR) is 127 cm³/mol. The fourth-order valence-electron chi connectivity index (χ4n) is 3.03. The van der Waals surface area contributed by atoms with E-state index in [1.54, 1.807) is 7.11 Å². The number of hydrogen-bond acceptors (Lipinski definition) is 5. The predicted octanol–water partition coefficient (Wildman–Crippen LogP) is 6.11. The molecule has 0 saturated heterocycles. The molecule has 0 radical (unpaired) electrons. The fourth-order valence-corrected chi connectivity index (χ4v) is 3.03. The molecule has 0 aliphatic rings. The van der Waals surface area contributed by atoms with Gasteiger partial charge in [-0.25, -0.2) is 0 Å². The molecular weight excluding hydrogens is 390 g/mol. The lowest BCUT2D eigenvalue weighted by Gasteiger charge is -2.26. The van der Waals surface area contributed by atoms with Gasteiger partial charge in [0.15, 0.2) is 0 Å². The van der Waals surface area contributed by atoms with Crippen LogP contribution < -0.4 is 14.2 Å². The van der Waals surface area contributed by atoms with Gasteiger partial charge in [0.25, 0.3) is 0 Å². The van der Waals surface area contributed by atoms with E-state index >= 15 is 0 Å². The summed E-state index contributed by atoms with van der Waals surface area (Å²) in [6.07, 6.45) is 3.96. The van der Waals surface area contributed by atoms with Crippen LogP contribution in [-0.4, -0.2) is 32.6 Å². The highest BCUT2D eigenvalue weighted by Gasteiger charge is 2.21. The number of benzene rings is 2. The third-order valence-electron chi connectivity index (χ3n) is 4.75. The molecule has 0 N–H and O–H groups in total. The van der Waals surface area contributed by atoms with Crippen LogP contribution in [0.2, 0.25) is 0 Å². The van der Waals surface area contributed by atoms with Gasteiger partial charge in [-0.1, -0.05) is 31.2 Å². The van der Waals surface area contributed by atoms with Crippen LogP contribution in [0.4, 0.5) is 0 Å². The van der Waals surface area contributed by atoms with Crippen molar-refractivity contribution in [1.29, 1.82) is 0 Å². The summed E-state index contributed by atoms with van der Waals surface area (Å²) < 4.78 is 18.0. The monoisotopic (exact) mass is 425 g/mol. The Labute approximate surface area is 186 Å². The highest BCUT2D eigenvalue weighted by molar-refractivity contribution is 5.98. The lowest BCUT2D eigenvalue weighted by atomic mass is 9.96. The minimum Gasteiger partial charge on any atom is -0.493 e. The summed E-state index contributed by atoms with van der Waals surface area (Å²) in [7, 11) is 1.54. The maximum atomic E-state index is 6.20. The van der Waals surface area contributed by atoms with Crippen LogP contribution in [0.25, 0.3) is 0 Å². The summed E-state index contributed by atoms with van der Waals surface area (Å²) >= 11 is 0. The van der Waals surface area contributed by atoms with Crippen LogP contribution in [0.15, 0.2) is 53.7 Å². The van der Waals surface area contributed by atoms with Crippen LogP contribution in [0.1, 0.15) is 44.4 Å². The number of ether oxygens (including phenoxy) is 3. The average molecular weight is 426 g/mol. The van der Waals surface area contributed by atoms with Crippen molar-refractivity contribution in [3.63, 3.8) is 0 Å². The number of aryl methyl sites for hydroxylation is 2. The molecule has 0 heterocycles. The molecule has 0 aliphatic carbocycles. The maximum absolute atomic E-state index is 6.20. The van der Waals surface area contributed by atoms with Crippen molar-refractivity contribution in [2.75, 3.05) is 26.9 Å². The summed E-state index contributed by atoms with van der Waals surface area (Å²) in [6, 6.07) is 11.9. The summed E-state index contributed by atoms with van der Waals surface area (Å²) in [5.41, 5.74) is 3.80. The smallest absolute Gasteiger partial charge is 0.125 e. The Balaban J connectivity index is 1.93. The molecule has 0 fully saturated rings. The molecule has 5 heteroatoms. The zero-order chi connectivity index (χ0) is 22.9. The van der Waals surface area contributed by atoms with Crippen molar-refractivity contribution in [1.82, 2.24) is 0 Å². The minimum absolute atomic E-state index is 0.161. The van der Waals surface area contributed by atoms with Gasteiger partial charge in [0, 0.05) is 5.41 Å². The fraction of sp³-hybridized carbons (Fsp3) is 0.423. The van der Waals surface area contributed by atoms with E-state index in [4.69, 9.17) is 19.0 Å². The Bertz CT molecular complexity index is 875. The third-order valence-corrected chi connectivity index (χ3v) is 4.75. The van der Waals surface area contributed by atoms with E-state index in [1.807, 2.05) is 76.2 Å². The van der Waals surface area contributed by atoms with Crippen LogP contribution in [-0.2, 0) is 4.84 Å². The summed E-state index contributed by atoms with van der Waals surface area (Å²) in [5, 5.41) is 3.95. The highest BCUT2D eigenvalue weighted by atomic mass is 16.6. The van der Waals surface area contributed by atoms with E-state index in [0.717, 1.165) is 39.7 Å². The molecule has 2 aromatic carbocycles. The largest absolute Gasteiger partial charge is 0.493 e. The van der Waals surface area contributed by atoms with Gasteiger partial charge in [-0.2, -0.15) is 0 Å². The zero-order valence-corrected chi connectivity index (χ0v) is 19.8. The molecule has 2 aromatic rings. The highest BCUT2D eigenvalue weighted by Crippen LogP contribution is 2.30. The van der Waals surface area contributed by atoms with E-state index in [0.29, 0.717) is 19.8 Å². The van der Waals surface area contributed by atoms with Gasteiger partial charge >= 0.3 is 0 Å². The first kappa shape index (κ1) is 24.3. The SMILES string of the molecule is C/C=C/COc1cc(C)c(OCC(C)(C)COc2ccc(/C(C)=N/OC)cc2)c(C)c1. The van der Waals surface area contributed by atoms with E-state index in [2.05, 4.69) is 19.0 Å². The van der Waals surface area contributed by atoms with Gasteiger partial charge in [0.05, 0.1) is 18.9 Å². The molecule has 0 unspecified atom stereocenters. The lowest BCUT2D eigenvalue weighted by molar-refractivity contribution is 0.109. The third kappa shape index (κ3) is 7.67. The quantitative estimate of drug-likeness (QED) is 0.247. The Hall–Kier alpha value is -2.95. The van der Waals surface area contributed by atoms with Crippen molar-refractivity contribution in [2.24, 2.45) is 10.6 Å². The number of nitrogens with zero attached hydrogens (tertiary/aromatic N) is 1. The number of oxime groups is 1. The van der Waals surface area contributed by atoms with Crippen LogP contribution in [0.3, 0.4) is 0 Å². The first-order valence-electron chi connectivity index (χ1n) is 10.5. The van der Waals surface area contributed by atoms with E-state index < -0.39 is 0 Å². The zero-order valence-electron chi connectivity index (χ0n) is 19.8. The maximum Gasteiger partial charge on any atom is 0.125 e. The minimum atomic E-state index is -0.161. The molecule has 0 atom stereocenters. The van der Waals surface area contributed by atoms with Crippen molar-refractivity contribution < 1.29 is 19.0 Å². The van der Waals surface area contributed by atoms with Crippen LogP contribution >= 0.6 is 0 Å². The van der Waals surface area contributed by atoms with Crippen molar-refractivity contribution in [2.45, 2.75) is 41.5 Å².